The molecule has 0 N–H and O–H groups in total. The molecule has 1 heteroatoms. The summed E-state index contributed by atoms with van der Waals surface area (Å²) >= 11 is 0. The van der Waals surface area contributed by atoms with Crippen LogP contribution < -0.4 is 0 Å². The molecule has 0 saturated carbocycles. The summed E-state index contributed by atoms with van der Waals surface area (Å²) in [7, 11) is 0. The van der Waals surface area contributed by atoms with Crippen molar-refractivity contribution < 1.29 is 4.79 Å². The first-order chi connectivity index (χ1) is 10.7. The molecule has 1 nitrogen and oxygen atoms in total. The van der Waals surface area contributed by atoms with Gasteiger partial charge in [-0.3, -0.25) is 4.79 Å². The van der Waals surface area contributed by atoms with Crippen LogP contribution in [0.1, 0.15) is 21.5 Å². The lowest BCUT2D eigenvalue weighted by Gasteiger charge is -2.05. The summed E-state index contributed by atoms with van der Waals surface area (Å²) in [5.74, 6) is 0.158. The number of carbonyl (C=O) groups is 1. The van der Waals surface area contributed by atoms with Crippen LogP contribution in [-0.2, 0) is 6.42 Å². The third-order valence-electron chi connectivity index (χ3n) is 3.76. The summed E-state index contributed by atoms with van der Waals surface area (Å²) in [5, 5.41) is 0. The van der Waals surface area contributed by atoms with Gasteiger partial charge in [0.2, 0.25) is 0 Å². The van der Waals surface area contributed by atoms with Crippen LogP contribution in [0.3, 0.4) is 0 Å². The molecule has 0 amide bonds. The predicted octanol–water partition coefficient (Wildman–Crippen LogP) is 5.09. The number of ketones is 1. The van der Waals surface area contributed by atoms with Crippen molar-refractivity contribution in [2.45, 2.75) is 13.3 Å². The molecule has 0 atom stereocenters. The Labute approximate surface area is 131 Å². The van der Waals surface area contributed by atoms with E-state index in [0.717, 1.165) is 16.7 Å². The van der Waals surface area contributed by atoms with Crippen LogP contribution >= 0.6 is 0 Å². The molecule has 0 unspecified atom stereocenters. The van der Waals surface area contributed by atoms with Gasteiger partial charge in [0.05, 0.1) is 0 Å². The summed E-state index contributed by atoms with van der Waals surface area (Å²) < 4.78 is 0. The van der Waals surface area contributed by atoms with E-state index in [0.29, 0.717) is 6.42 Å². The maximum absolute atomic E-state index is 12.4. The summed E-state index contributed by atoms with van der Waals surface area (Å²) in [4.78, 5) is 12.4. The molecular weight excluding hydrogens is 268 g/mol. The molecule has 3 aromatic carbocycles. The average Bonchev–Trinajstić information content (AvgIpc) is 2.56. The lowest BCUT2D eigenvalue weighted by atomic mass is 9.99. The van der Waals surface area contributed by atoms with Crippen LogP contribution in [-0.4, -0.2) is 5.78 Å². The monoisotopic (exact) mass is 286 g/mol. The van der Waals surface area contributed by atoms with Gasteiger partial charge in [0, 0.05) is 12.0 Å². The van der Waals surface area contributed by atoms with E-state index in [-0.39, 0.29) is 5.78 Å². The summed E-state index contributed by atoms with van der Waals surface area (Å²) in [6.45, 7) is 2.04. The first-order valence-electron chi connectivity index (χ1n) is 7.46. The number of rotatable bonds is 4. The zero-order chi connectivity index (χ0) is 15.4. The van der Waals surface area contributed by atoms with Crippen molar-refractivity contribution in [2.75, 3.05) is 0 Å². The van der Waals surface area contributed by atoms with Crippen LogP contribution in [0.15, 0.2) is 78.9 Å². The first-order valence-corrected chi connectivity index (χ1v) is 7.46. The number of Topliss-reactive ketones (excluding diaryl/α,β-unsaturated/α-hetero) is 1. The Hall–Kier alpha value is -2.67. The minimum Gasteiger partial charge on any atom is -0.294 e. The van der Waals surface area contributed by atoms with E-state index in [9.17, 15) is 4.79 Å². The molecule has 0 saturated heterocycles. The standard InChI is InChI=1S/C21H18O/c1-16-6-5-7-17(14-16)15-21(22)20-12-10-19(11-13-20)18-8-3-2-4-9-18/h2-14H,15H2,1H3. The van der Waals surface area contributed by atoms with Crippen molar-refractivity contribution >= 4 is 5.78 Å². The normalized spacial score (nSPS) is 10.4. The summed E-state index contributed by atoms with van der Waals surface area (Å²) in [6.07, 6.45) is 0.451. The SMILES string of the molecule is Cc1cccc(CC(=O)c2ccc(-c3ccccc3)cc2)c1. The number of aryl methyl sites for hydroxylation is 1. The minimum absolute atomic E-state index is 0.158. The van der Waals surface area contributed by atoms with Gasteiger partial charge in [-0.05, 0) is 23.6 Å². The molecule has 0 aliphatic carbocycles. The van der Waals surface area contributed by atoms with Crippen LogP contribution in [0.5, 0.6) is 0 Å². The molecular formula is C21H18O. The van der Waals surface area contributed by atoms with Crippen LogP contribution in [0.4, 0.5) is 0 Å². The quantitative estimate of drug-likeness (QED) is 0.611. The third kappa shape index (κ3) is 3.32. The highest BCUT2D eigenvalue weighted by Crippen LogP contribution is 2.20. The fourth-order valence-corrected chi connectivity index (χ4v) is 2.59. The van der Waals surface area contributed by atoms with Crippen molar-refractivity contribution in [2.24, 2.45) is 0 Å². The Balaban J connectivity index is 1.76. The summed E-state index contributed by atoms with van der Waals surface area (Å²) in [6, 6.07) is 26.2. The largest absolute Gasteiger partial charge is 0.294 e. The van der Waals surface area contributed by atoms with Crippen molar-refractivity contribution in [3.63, 3.8) is 0 Å². The number of carbonyl (C=O) groups excluding carboxylic acids is 1. The molecule has 0 radical (unpaired) electrons. The highest BCUT2D eigenvalue weighted by Gasteiger charge is 2.07. The molecule has 108 valence electrons. The second kappa shape index (κ2) is 6.40. The van der Waals surface area contributed by atoms with E-state index in [1.54, 1.807) is 0 Å². The van der Waals surface area contributed by atoms with Crippen molar-refractivity contribution in [3.8, 4) is 11.1 Å². The lowest BCUT2D eigenvalue weighted by Crippen LogP contribution is -2.03. The van der Waals surface area contributed by atoms with Crippen LogP contribution in [0, 0.1) is 6.92 Å². The third-order valence-corrected chi connectivity index (χ3v) is 3.76. The average molecular weight is 286 g/mol. The molecule has 0 spiro atoms. The van der Waals surface area contributed by atoms with E-state index in [1.165, 1.54) is 11.1 Å². The zero-order valence-electron chi connectivity index (χ0n) is 12.6. The Morgan fingerprint density at radius 2 is 1.45 bits per heavy atom. The molecule has 0 aromatic heterocycles. The van der Waals surface area contributed by atoms with E-state index in [4.69, 9.17) is 0 Å². The summed E-state index contributed by atoms with van der Waals surface area (Å²) in [5.41, 5.74) is 5.32. The second-order valence-electron chi connectivity index (χ2n) is 5.53. The molecule has 3 rings (SSSR count). The Kier molecular flexibility index (Phi) is 4.15. The van der Waals surface area contributed by atoms with Crippen molar-refractivity contribution in [3.05, 3.63) is 95.6 Å². The topological polar surface area (TPSA) is 17.1 Å². The van der Waals surface area contributed by atoms with E-state index >= 15 is 0 Å². The van der Waals surface area contributed by atoms with E-state index in [2.05, 4.69) is 18.2 Å². The van der Waals surface area contributed by atoms with Gasteiger partial charge in [0.15, 0.2) is 5.78 Å². The van der Waals surface area contributed by atoms with E-state index < -0.39 is 0 Å². The molecule has 0 aliphatic rings. The first kappa shape index (κ1) is 14.3. The number of hydrogen-bond donors (Lipinski definition) is 0. The fraction of sp³-hybridized carbons (Fsp3) is 0.0952. The van der Waals surface area contributed by atoms with Gasteiger partial charge in [-0.25, -0.2) is 0 Å². The van der Waals surface area contributed by atoms with Crippen molar-refractivity contribution in [1.82, 2.24) is 0 Å². The van der Waals surface area contributed by atoms with Gasteiger partial charge in [0.25, 0.3) is 0 Å². The fourth-order valence-electron chi connectivity index (χ4n) is 2.59. The second-order valence-corrected chi connectivity index (χ2v) is 5.53. The molecule has 0 fully saturated rings. The van der Waals surface area contributed by atoms with Gasteiger partial charge in [-0.2, -0.15) is 0 Å². The van der Waals surface area contributed by atoms with Gasteiger partial charge < -0.3 is 0 Å². The van der Waals surface area contributed by atoms with Gasteiger partial charge >= 0.3 is 0 Å². The maximum atomic E-state index is 12.4. The molecule has 0 bridgehead atoms. The van der Waals surface area contributed by atoms with Crippen LogP contribution in [0.2, 0.25) is 0 Å². The van der Waals surface area contributed by atoms with Crippen LogP contribution in [0.25, 0.3) is 11.1 Å². The molecule has 22 heavy (non-hydrogen) atoms. The highest BCUT2D eigenvalue weighted by molar-refractivity contribution is 5.97. The Bertz CT molecular complexity index is 771. The van der Waals surface area contributed by atoms with E-state index in [1.807, 2.05) is 67.6 Å². The van der Waals surface area contributed by atoms with Crippen molar-refractivity contribution in [1.29, 1.82) is 0 Å². The van der Waals surface area contributed by atoms with Gasteiger partial charge in [-0.15, -0.1) is 0 Å². The predicted molar refractivity (Wildman–Crippen MR) is 91.1 cm³/mol. The molecule has 0 heterocycles. The lowest BCUT2D eigenvalue weighted by molar-refractivity contribution is 0.0993. The maximum Gasteiger partial charge on any atom is 0.167 e. The minimum atomic E-state index is 0.158. The smallest absolute Gasteiger partial charge is 0.167 e. The zero-order valence-corrected chi connectivity index (χ0v) is 12.6. The number of benzene rings is 3. The Morgan fingerprint density at radius 3 is 2.14 bits per heavy atom. The van der Waals surface area contributed by atoms with Gasteiger partial charge in [0.1, 0.15) is 0 Å². The highest BCUT2D eigenvalue weighted by atomic mass is 16.1. The Morgan fingerprint density at radius 1 is 0.773 bits per heavy atom. The molecule has 0 aliphatic heterocycles. The van der Waals surface area contributed by atoms with Gasteiger partial charge in [-0.1, -0.05) is 84.4 Å². The molecule has 3 aromatic rings. The number of hydrogen-bond acceptors (Lipinski definition) is 1.